The third-order valence-electron chi connectivity index (χ3n) is 0.367. The molecule has 0 rings (SSSR count). The van der Waals surface area contributed by atoms with Gasteiger partial charge in [0, 0.05) is 0 Å². The molecule has 0 radical (unpaired) electrons. The Hall–Kier alpha value is 1.53. The monoisotopic (exact) mass is 162 g/mol. The maximum atomic E-state index is 9.85. The summed E-state index contributed by atoms with van der Waals surface area (Å²) < 4.78 is 9.85. The first-order valence-electron chi connectivity index (χ1n) is 1.72. The fourth-order valence-corrected chi connectivity index (χ4v) is 0.505. The minimum Gasteiger partial charge on any atom is -1.00 e. The Morgan fingerprint density at radius 2 is 2.12 bits per heavy atom. The zero-order chi connectivity index (χ0) is 5.91. The van der Waals surface area contributed by atoms with Crippen molar-refractivity contribution in [1.82, 2.24) is 0 Å². The average Bonchev–Trinajstić information content (AvgIpc) is 1.30. The standard InChI is InChI=1S/C3H7O3P.K.H/c1-2-3-7(4,5)6;;/h2H,1,3H2,(H2,4,5,6);;/q;+1;-1. The molecular weight excluding hydrogens is 154 g/mol. The van der Waals surface area contributed by atoms with Crippen molar-refractivity contribution in [3.63, 3.8) is 0 Å². The molecule has 0 fully saturated rings. The van der Waals surface area contributed by atoms with Gasteiger partial charge in [-0.05, 0) is 0 Å². The summed E-state index contributed by atoms with van der Waals surface area (Å²) in [5.41, 5.74) is 0. The molecule has 44 valence electrons. The Balaban J connectivity index is -0.000000180. The smallest absolute Gasteiger partial charge is 1.00 e. The van der Waals surface area contributed by atoms with Crippen molar-refractivity contribution in [1.29, 1.82) is 0 Å². The molecule has 0 amide bonds. The Bertz CT molecular complexity index is 112. The maximum Gasteiger partial charge on any atom is 1.00 e. The molecule has 0 saturated heterocycles. The van der Waals surface area contributed by atoms with Crippen molar-refractivity contribution < 1.29 is 67.2 Å². The summed E-state index contributed by atoms with van der Waals surface area (Å²) in [6.07, 6.45) is 0.966. The van der Waals surface area contributed by atoms with Crippen LogP contribution in [0.25, 0.3) is 0 Å². The summed E-state index contributed by atoms with van der Waals surface area (Å²) in [6.45, 7) is 3.15. The van der Waals surface area contributed by atoms with Crippen molar-refractivity contribution in [2.75, 3.05) is 6.16 Å². The van der Waals surface area contributed by atoms with Gasteiger partial charge in [0.25, 0.3) is 0 Å². The van der Waals surface area contributed by atoms with Crippen LogP contribution in [-0.4, -0.2) is 15.9 Å². The van der Waals surface area contributed by atoms with Crippen LogP contribution in [0, 0.1) is 0 Å². The molecule has 0 aromatic heterocycles. The van der Waals surface area contributed by atoms with Crippen LogP contribution in [0.15, 0.2) is 12.7 Å². The quantitative estimate of drug-likeness (QED) is 0.267. The van der Waals surface area contributed by atoms with Crippen molar-refractivity contribution in [2.24, 2.45) is 0 Å². The normalized spacial score (nSPS) is 9.75. The van der Waals surface area contributed by atoms with Gasteiger partial charge in [-0.1, -0.05) is 6.08 Å². The van der Waals surface area contributed by atoms with Gasteiger partial charge in [0.2, 0.25) is 0 Å². The van der Waals surface area contributed by atoms with Crippen molar-refractivity contribution in [2.45, 2.75) is 0 Å². The molecule has 0 unspecified atom stereocenters. The van der Waals surface area contributed by atoms with E-state index in [1.54, 1.807) is 0 Å². The van der Waals surface area contributed by atoms with Crippen LogP contribution in [0.1, 0.15) is 1.43 Å². The van der Waals surface area contributed by atoms with Crippen LogP contribution in [0.2, 0.25) is 0 Å². The van der Waals surface area contributed by atoms with Crippen LogP contribution in [-0.2, 0) is 4.57 Å². The van der Waals surface area contributed by atoms with E-state index >= 15 is 0 Å². The first kappa shape index (κ1) is 12.2. The second-order valence-electron chi connectivity index (χ2n) is 1.14. The maximum absolute atomic E-state index is 9.85. The van der Waals surface area contributed by atoms with E-state index in [2.05, 4.69) is 6.58 Å². The largest absolute Gasteiger partial charge is 1.00 e. The third-order valence-corrected chi connectivity index (χ3v) is 1.10. The van der Waals surface area contributed by atoms with E-state index in [1.165, 1.54) is 6.08 Å². The van der Waals surface area contributed by atoms with Gasteiger partial charge in [0.15, 0.2) is 0 Å². The van der Waals surface area contributed by atoms with Gasteiger partial charge in [0.05, 0.1) is 6.16 Å². The van der Waals surface area contributed by atoms with Crippen LogP contribution in [0.5, 0.6) is 0 Å². The summed E-state index contributed by atoms with van der Waals surface area (Å²) in [5.74, 6) is 0. The molecular formula is C3H8KO3P. The van der Waals surface area contributed by atoms with Gasteiger partial charge in [-0.15, -0.1) is 6.58 Å². The first-order chi connectivity index (χ1) is 3.06. The zero-order valence-corrected chi connectivity index (χ0v) is 8.76. The first-order valence-corrected chi connectivity index (χ1v) is 3.51. The van der Waals surface area contributed by atoms with E-state index in [4.69, 9.17) is 9.79 Å². The minimum absolute atomic E-state index is 0. The zero-order valence-electron chi connectivity index (χ0n) is 5.74. The summed E-state index contributed by atoms with van der Waals surface area (Å²) >= 11 is 0. The average molecular weight is 162 g/mol. The molecule has 3 nitrogen and oxygen atoms in total. The van der Waals surface area contributed by atoms with E-state index in [0.717, 1.165) is 0 Å². The fraction of sp³-hybridized carbons (Fsp3) is 0.333. The number of allylic oxidation sites excluding steroid dienone is 1. The molecule has 0 aromatic carbocycles. The SMILES string of the molecule is C=CCP(=O)(O)O.[H-].[K+]. The van der Waals surface area contributed by atoms with Gasteiger partial charge in [-0.2, -0.15) is 0 Å². The van der Waals surface area contributed by atoms with E-state index in [1.807, 2.05) is 0 Å². The molecule has 2 N–H and O–H groups in total. The second kappa shape index (κ2) is 5.32. The minimum atomic E-state index is -3.78. The van der Waals surface area contributed by atoms with Crippen molar-refractivity contribution >= 4 is 7.60 Å². The Morgan fingerprint density at radius 3 is 2.12 bits per heavy atom. The van der Waals surface area contributed by atoms with E-state index in [0.29, 0.717) is 0 Å². The summed E-state index contributed by atoms with van der Waals surface area (Å²) in [7, 11) is -3.78. The van der Waals surface area contributed by atoms with Crippen LogP contribution in [0.4, 0.5) is 0 Å². The van der Waals surface area contributed by atoms with Gasteiger partial charge in [-0.25, -0.2) is 0 Å². The van der Waals surface area contributed by atoms with Crippen molar-refractivity contribution in [3.05, 3.63) is 12.7 Å². The van der Waals surface area contributed by atoms with Crippen LogP contribution >= 0.6 is 7.60 Å². The summed E-state index contributed by atoms with van der Waals surface area (Å²) in [4.78, 5) is 16.1. The number of rotatable bonds is 2. The summed E-state index contributed by atoms with van der Waals surface area (Å²) in [5, 5.41) is 0. The molecule has 0 aliphatic rings. The predicted octanol–water partition coefficient (Wildman–Crippen LogP) is -2.53. The van der Waals surface area contributed by atoms with Crippen LogP contribution in [0.3, 0.4) is 0 Å². The molecule has 0 atom stereocenters. The molecule has 0 bridgehead atoms. The number of hydrogen-bond acceptors (Lipinski definition) is 1. The van der Waals surface area contributed by atoms with Crippen LogP contribution < -0.4 is 51.4 Å². The Morgan fingerprint density at radius 1 is 1.75 bits per heavy atom. The number of hydrogen-bond donors (Lipinski definition) is 2. The fourth-order valence-electron chi connectivity index (χ4n) is 0.168. The molecule has 0 spiro atoms. The second-order valence-corrected chi connectivity index (χ2v) is 2.83. The van der Waals surface area contributed by atoms with Gasteiger partial charge < -0.3 is 11.2 Å². The third kappa shape index (κ3) is 10.5. The molecule has 0 aliphatic heterocycles. The van der Waals surface area contributed by atoms with Gasteiger partial charge in [0.1, 0.15) is 0 Å². The molecule has 8 heavy (non-hydrogen) atoms. The molecule has 0 aromatic rings. The van der Waals surface area contributed by atoms with E-state index in [9.17, 15) is 4.57 Å². The topological polar surface area (TPSA) is 57.5 Å². The predicted molar refractivity (Wildman–Crippen MR) is 28.2 cm³/mol. The Labute approximate surface area is 92.2 Å². The van der Waals surface area contributed by atoms with Gasteiger partial charge in [-0.3, -0.25) is 4.57 Å². The molecule has 0 aliphatic carbocycles. The van der Waals surface area contributed by atoms with E-state index < -0.39 is 7.60 Å². The molecule has 0 saturated carbocycles. The molecule has 5 heteroatoms. The van der Waals surface area contributed by atoms with Gasteiger partial charge >= 0.3 is 59.0 Å². The van der Waals surface area contributed by atoms with Crippen molar-refractivity contribution in [3.8, 4) is 0 Å². The van der Waals surface area contributed by atoms with E-state index in [-0.39, 0.29) is 59.0 Å². The summed E-state index contributed by atoms with van der Waals surface area (Å²) in [6, 6.07) is 0. The molecule has 0 heterocycles. The Kier molecular flexibility index (Phi) is 8.13.